The highest BCUT2D eigenvalue weighted by atomic mass is 16.2. The van der Waals surface area contributed by atoms with E-state index in [4.69, 9.17) is 0 Å². The van der Waals surface area contributed by atoms with Crippen LogP contribution < -0.4 is 5.32 Å². The summed E-state index contributed by atoms with van der Waals surface area (Å²) in [7, 11) is 0. The van der Waals surface area contributed by atoms with Crippen LogP contribution >= 0.6 is 0 Å². The van der Waals surface area contributed by atoms with E-state index >= 15 is 0 Å². The van der Waals surface area contributed by atoms with Gasteiger partial charge in [0, 0.05) is 6.54 Å². The van der Waals surface area contributed by atoms with Crippen LogP contribution in [0.2, 0.25) is 0 Å². The maximum atomic E-state index is 12.1. The van der Waals surface area contributed by atoms with E-state index in [1.54, 1.807) is 4.90 Å². The van der Waals surface area contributed by atoms with Gasteiger partial charge in [-0.1, -0.05) is 13.8 Å². The molecule has 0 radical (unpaired) electrons. The van der Waals surface area contributed by atoms with Crippen molar-refractivity contribution < 1.29 is 9.59 Å². The fourth-order valence-electron chi connectivity index (χ4n) is 2.53. The Hall–Kier alpha value is -1.06. The van der Waals surface area contributed by atoms with Crippen molar-refractivity contribution in [2.24, 2.45) is 5.92 Å². The normalized spacial score (nSPS) is 29.6. The van der Waals surface area contributed by atoms with Crippen molar-refractivity contribution in [3.63, 3.8) is 0 Å². The second-order valence-electron chi connectivity index (χ2n) is 5.22. The highest BCUT2D eigenvalue weighted by Crippen LogP contribution is 2.23. The van der Waals surface area contributed by atoms with E-state index in [1.165, 1.54) is 0 Å². The molecule has 0 bridgehead atoms. The summed E-state index contributed by atoms with van der Waals surface area (Å²) in [6.45, 7) is 5.02. The van der Waals surface area contributed by atoms with Gasteiger partial charge in [-0.25, -0.2) is 0 Å². The van der Waals surface area contributed by atoms with Crippen molar-refractivity contribution in [3.05, 3.63) is 0 Å². The van der Waals surface area contributed by atoms with Gasteiger partial charge in [0.25, 0.3) is 0 Å². The number of amides is 2. The van der Waals surface area contributed by atoms with E-state index < -0.39 is 0 Å². The van der Waals surface area contributed by atoms with Crippen LogP contribution in [0.4, 0.5) is 0 Å². The van der Waals surface area contributed by atoms with Crippen LogP contribution in [0, 0.1) is 5.92 Å². The van der Waals surface area contributed by atoms with Crippen LogP contribution in [0.3, 0.4) is 0 Å². The fraction of sp³-hybridized carbons (Fsp3) is 0.833. The number of nitrogens with zero attached hydrogens (tertiary/aromatic N) is 1. The number of carbonyl (C=O) groups is 2. The van der Waals surface area contributed by atoms with Gasteiger partial charge in [0.05, 0.1) is 0 Å². The Labute approximate surface area is 96.4 Å². The molecule has 1 N–H and O–H groups in total. The van der Waals surface area contributed by atoms with Crippen molar-refractivity contribution in [3.8, 4) is 0 Å². The number of rotatable bonds is 3. The van der Waals surface area contributed by atoms with Gasteiger partial charge >= 0.3 is 0 Å². The second-order valence-corrected chi connectivity index (χ2v) is 5.22. The van der Waals surface area contributed by atoms with Crippen molar-refractivity contribution in [1.29, 1.82) is 0 Å². The molecule has 16 heavy (non-hydrogen) atoms. The van der Waals surface area contributed by atoms with Crippen molar-refractivity contribution in [2.75, 3.05) is 6.54 Å². The third kappa shape index (κ3) is 2.06. The van der Waals surface area contributed by atoms with Gasteiger partial charge in [0.15, 0.2) is 0 Å². The summed E-state index contributed by atoms with van der Waals surface area (Å²) in [5.74, 6) is 0.745. The van der Waals surface area contributed by atoms with Crippen molar-refractivity contribution in [1.82, 2.24) is 10.2 Å². The Bertz CT molecular complexity index is 301. The van der Waals surface area contributed by atoms with Gasteiger partial charge in [-0.3, -0.25) is 9.59 Å². The Morgan fingerprint density at radius 2 is 2.19 bits per heavy atom. The van der Waals surface area contributed by atoms with Crippen LogP contribution in [0.15, 0.2) is 0 Å². The van der Waals surface area contributed by atoms with E-state index in [-0.39, 0.29) is 23.9 Å². The molecule has 0 aromatic rings. The van der Waals surface area contributed by atoms with Gasteiger partial charge < -0.3 is 10.2 Å². The molecule has 2 aliphatic rings. The number of hydrogen-bond donors (Lipinski definition) is 1. The Balaban J connectivity index is 2.00. The summed E-state index contributed by atoms with van der Waals surface area (Å²) in [6, 6.07) is -0.452. The average Bonchev–Trinajstić information content (AvgIpc) is 2.70. The largest absolute Gasteiger partial charge is 0.343 e. The molecule has 90 valence electrons. The molecule has 2 unspecified atom stereocenters. The molecule has 0 saturated carbocycles. The van der Waals surface area contributed by atoms with E-state index in [2.05, 4.69) is 19.2 Å². The van der Waals surface area contributed by atoms with Crippen LogP contribution in [0.25, 0.3) is 0 Å². The Morgan fingerprint density at radius 3 is 2.88 bits per heavy atom. The molecule has 0 aliphatic carbocycles. The number of carbonyl (C=O) groups excluding carboxylic acids is 2. The zero-order valence-corrected chi connectivity index (χ0v) is 10.0. The Morgan fingerprint density at radius 1 is 1.44 bits per heavy atom. The molecule has 0 spiro atoms. The summed E-state index contributed by atoms with van der Waals surface area (Å²) in [4.78, 5) is 25.6. The Kier molecular flexibility index (Phi) is 3.17. The zero-order valence-electron chi connectivity index (χ0n) is 10.0. The quantitative estimate of drug-likeness (QED) is 0.774. The third-order valence-corrected chi connectivity index (χ3v) is 3.49. The van der Waals surface area contributed by atoms with Gasteiger partial charge in [0.1, 0.15) is 12.1 Å². The predicted molar refractivity (Wildman–Crippen MR) is 60.7 cm³/mol. The first-order valence-corrected chi connectivity index (χ1v) is 6.20. The van der Waals surface area contributed by atoms with Gasteiger partial charge in [-0.2, -0.15) is 0 Å². The molecular formula is C12H20N2O2. The summed E-state index contributed by atoms with van der Waals surface area (Å²) in [6.07, 6.45) is 3.54. The molecule has 4 heteroatoms. The predicted octanol–water partition coefficient (Wildman–Crippen LogP) is 0.912. The first-order valence-electron chi connectivity index (χ1n) is 6.20. The van der Waals surface area contributed by atoms with Crippen LogP contribution in [0.5, 0.6) is 0 Å². The van der Waals surface area contributed by atoms with Crippen molar-refractivity contribution in [2.45, 2.75) is 51.6 Å². The molecule has 2 saturated heterocycles. The number of fused-ring (bicyclic) bond motifs is 1. The van der Waals surface area contributed by atoms with E-state index in [1.807, 2.05) is 0 Å². The van der Waals surface area contributed by atoms with E-state index in [9.17, 15) is 9.59 Å². The lowest BCUT2D eigenvalue weighted by Gasteiger charge is -2.34. The summed E-state index contributed by atoms with van der Waals surface area (Å²) in [5, 5.41) is 2.86. The summed E-state index contributed by atoms with van der Waals surface area (Å²) in [5.41, 5.74) is 0. The molecule has 0 aromatic heterocycles. The minimum Gasteiger partial charge on any atom is -0.343 e. The molecule has 2 amide bonds. The first-order chi connectivity index (χ1) is 7.59. The number of piperazine rings is 1. The molecule has 2 atom stereocenters. The average molecular weight is 224 g/mol. The highest BCUT2D eigenvalue weighted by Gasteiger charge is 2.42. The minimum atomic E-state index is -0.274. The van der Waals surface area contributed by atoms with E-state index in [0.717, 1.165) is 32.2 Å². The minimum absolute atomic E-state index is 0.0471. The maximum Gasteiger partial charge on any atom is 0.245 e. The van der Waals surface area contributed by atoms with Gasteiger partial charge in [-0.05, 0) is 31.6 Å². The van der Waals surface area contributed by atoms with Gasteiger partial charge in [-0.15, -0.1) is 0 Å². The number of hydrogen-bond acceptors (Lipinski definition) is 2. The SMILES string of the molecule is CC(C)CCC1NC(=O)C2CCCN2C1=O. The monoisotopic (exact) mass is 224 g/mol. The lowest BCUT2D eigenvalue weighted by atomic mass is 9.99. The molecule has 4 nitrogen and oxygen atoms in total. The lowest BCUT2D eigenvalue weighted by molar-refractivity contribution is -0.147. The molecule has 2 aliphatic heterocycles. The topological polar surface area (TPSA) is 49.4 Å². The van der Waals surface area contributed by atoms with E-state index in [0.29, 0.717) is 5.92 Å². The molecule has 2 rings (SSSR count). The van der Waals surface area contributed by atoms with Gasteiger partial charge in [0.2, 0.25) is 11.8 Å². The lowest BCUT2D eigenvalue weighted by Crippen LogP contribution is -2.61. The third-order valence-electron chi connectivity index (χ3n) is 3.49. The van der Waals surface area contributed by atoms with Crippen LogP contribution in [-0.4, -0.2) is 35.3 Å². The molecule has 2 heterocycles. The van der Waals surface area contributed by atoms with Crippen molar-refractivity contribution >= 4 is 11.8 Å². The van der Waals surface area contributed by atoms with Crippen LogP contribution in [-0.2, 0) is 9.59 Å². The zero-order chi connectivity index (χ0) is 11.7. The maximum absolute atomic E-state index is 12.1. The summed E-state index contributed by atoms with van der Waals surface area (Å²) < 4.78 is 0. The fourth-order valence-corrected chi connectivity index (χ4v) is 2.53. The number of nitrogens with one attached hydrogen (secondary N) is 1. The van der Waals surface area contributed by atoms with Crippen LogP contribution in [0.1, 0.15) is 39.5 Å². The second kappa shape index (κ2) is 4.44. The summed E-state index contributed by atoms with van der Waals surface area (Å²) >= 11 is 0. The standard InChI is InChI=1S/C12H20N2O2/c1-8(2)5-6-9-12(16)14-7-3-4-10(14)11(15)13-9/h8-10H,3-7H2,1-2H3,(H,13,15). The molecular weight excluding hydrogens is 204 g/mol. The first kappa shape index (κ1) is 11.4. The smallest absolute Gasteiger partial charge is 0.245 e. The molecule has 0 aromatic carbocycles. The highest BCUT2D eigenvalue weighted by molar-refractivity contribution is 5.97. The molecule has 2 fully saturated rings.